The summed E-state index contributed by atoms with van der Waals surface area (Å²) in [4.78, 5) is 26.0. The van der Waals surface area contributed by atoms with E-state index in [2.05, 4.69) is 20.8 Å². The first-order valence-electron chi connectivity index (χ1n) is 10.9. The Labute approximate surface area is 209 Å². The van der Waals surface area contributed by atoms with Gasteiger partial charge in [0.25, 0.3) is 5.91 Å². The number of alkyl halides is 3. The molecule has 0 aliphatic rings. The minimum atomic E-state index is -4.59. The van der Waals surface area contributed by atoms with Crippen molar-refractivity contribution in [2.24, 2.45) is 0 Å². The molecular weight excluding hydrogens is 489 g/mol. The van der Waals surface area contributed by atoms with Crippen LogP contribution in [-0.4, -0.2) is 28.1 Å². The Morgan fingerprint density at radius 2 is 1.69 bits per heavy atom. The van der Waals surface area contributed by atoms with E-state index in [9.17, 15) is 22.8 Å². The van der Waals surface area contributed by atoms with Crippen LogP contribution < -0.4 is 10.6 Å². The molecule has 1 aromatic heterocycles. The third-order valence-electron chi connectivity index (χ3n) is 5.28. The molecule has 184 valence electrons. The molecule has 0 spiro atoms. The van der Waals surface area contributed by atoms with Gasteiger partial charge in [0.05, 0.1) is 5.56 Å². The van der Waals surface area contributed by atoms with Gasteiger partial charge in [0, 0.05) is 17.5 Å². The quantitative estimate of drug-likeness (QED) is 0.343. The van der Waals surface area contributed by atoms with Crippen molar-refractivity contribution in [2.75, 3.05) is 5.32 Å². The Morgan fingerprint density at radius 1 is 0.944 bits per heavy atom. The summed E-state index contributed by atoms with van der Waals surface area (Å²) in [6.45, 7) is 1.95. The summed E-state index contributed by atoms with van der Waals surface area (Å²) in [5, 5.41) is 14.2. The molecule has 0 bridgehead atoms. The lowest BCUT2D eigenvalue weighted by molar-refractivity contribution is -0.137. The van der Waals surface area contributed by atoms with E-state index in [0.29, 0.717) is 5.01 Å². The number of benzene rings is 3. The van der Waals surface area contributed by atoms with Crippen LogP contribution in [0.5, 0.6) is 0 Å². The van der Waals surface area contributed by atoms with Crippen LogP contribution in [-0.2, 0) is 17.4 Å². The van der Waals surface area contributed by atoms with Crippen molar-refractivity contribution in [2.45, 2.75) is 25.6 Å². The Balaban J connectivity index is 1.54. The topological polar surface area (TPSA) is 84.0 Å². The molecular formula is C26H21F3N4O2S. The van der Waals surface area contributed by atoms with Gasteiger partial charge >= 0.3 is 6.18 Å². The summed E-state index contributed by atoms with van der Waals surface area (Å²) in [7, 11) is 0. The van der Waals surface area contributed by atoms with Crippen molar-refractivity contribution >= 4 is 28.3 Å². The third kappa shape index (κ3) is 6.33. The van der Waals surface area contributed by atoms with Crippen LogP contribution in [0, 0.1) is 6.92 Å². The maximum Gasteiger partial charge on any atom is 0.416 e. The van der Waals surface area contributed by atoms with Gasteiger partial charge in [0.1, 0.15) is 11.0 Å². The average Bonchev–Trinajstić information content (AvgIpc) is 3.32. The summed E-state index contributed by atoms with van der Waals surface area (Å²) >= 11 is 1.17. The van der Waals surface area contributed by atoms with Crippen molar-refractivity contribution in [1.82, 2.24) is 15.5 Å². The van der Waals surface area contributed by atoms with Gasteiger partial charge in [-0.05, 0) is 36.8 Å². The van der Waals surface area contributed by atoms with E-state index in [1.54, 1.807) is 24.3 Å². The van der Waals surface area contributed by atoms with Crippen LogP contribution in [0.4, 0.5) is 18.3 Å². The number of amides is 2. The lowest BCUT2D eigenvalue weighted by Gasteiger charge is -2.18. The Hall–Kier alpha value is -4.05. The zero-order valence-corrected chi connectivity index (χ0v) is 19.9. The van der Waals surface area contributed by atoms with Crippen LogP contribution in [0.3, 0.4) is 0 Å². The number of aryl methyl sites for hydroxylation is 1. The van der Waals surface area contributed by atoms with Gasteiger partial charge in [-0.2, -0.15) is 13.2 Å². The molecule has 1 atom stereocenters. The van der Waals surface area contributed by atoms with Gasteiger partial charge in [-0.3, -0.25) is 14.9 Å². The van der Waals surface area contributed by atoms with E-state index in [0.717, 1.165) is 34.9 Å². The third-order valence-corrected chi connectivity index (χ3v) is 6.16. The Morgan fingerprint density at radius 3 is 2.42 bits per heavy atom. The largest absolute Gasteiger partial charge is 0.416 e. The van der Waals surface area contributed by atoms with E-state index in [4.69, 9.17) is 0 Å². The molecule has 10 heteroatoms. The predicted molar refractivity (Wildman–Crippen MR) is 132 cm³/mol. The van der Waals surface area contributed by atoms with E-state index < -0.39 is 29.6 Å². The monoisotopic (exact) mass is 510 g/mol. The van der Waals surface area contributed by atoms with Crippen LogP contribution in [0.1, 0.15) is 27.0 Å². The summed E-state index contributed by atoms with van der Waals surface area (Å²) in [5.74, 6) is -1.36. The maximum atomic E-state index is 13.1. The highest BCUT2D eigenvalue weighted by Crippen LogP contribution is 2.30. The molecule has 0 aliphatic carbocycles. The molecule has 0 saturated heterocycles. The fourth-order valence-corrected chi connectivity index (χ4v) is 4.24. The summed E-state index contributed by atoms with van der Waals surface area (Å²) in [6.07, 6.45) is -4.47. The van der Waals surface area contributed by atoms with Crippen molar-refractivity contribution < 1.29 is 22.8 Å². The molecule has 1 heterocycles. The molecule has 6 nitrogen and oxygen atoms in total. The minimum absolute atomic E-state index is 0.126. The van der Waals surface area contributed by atoms with Crippen molar-refractivity contribution in [3.8, 4) is 10.6 Å². The highest BCUT2D eigenvalue weighted by atomic mass is 32.1. The average molecular weight is 511 g/mol. The molecule has 4 aromatic rings. The van der Waals surface area contributed by atoms with E-state index >= 15 is 0 Å². The van der Waals surface area contributed by atoms with Gasteiger partial charge in [-0.1, -0.05) is 71.5 Å². The van der Waals surface area contributed by atoms with Crippen LogP contribution in [0.15, 0.2) is 78.9 Å². The molecule has 0 aliphatic heterocycles. The molecule has 4 rings (SSSR count). The Kier molecular flexibility index (Phi) is 7.44. The standard InChI is InChI=1S/C26H21F3N4O2S/c1-16-7-5-11-19(13-16)24-32-33-25(36-24)31-23(35)21(14-17-8-3-2-4-9-17)30-22(34)18-10-6-12-20(15-18)26(27,28)29/h2-13,15,21H,14H2,1H3,(H,30,34)(H,31,33,35). The maximum absolute atomic E-state index is 13.1. The number of nitrogens with one attached hydrogen (secondary N) is 2. The zero-order chi connectivity index (χ0) is 25.7. The van der Waals surface area contributed by atoms with Crippen molar-refractivity contribution in [1.29, 1.82) is 0 Å². The smallest absolute Gasteiger partial charge is 0.340 e. The first-order chi connectivity index (χ1) is 17.2. The fraction of sp³-hybridized carbons (Fsp3) is 0.154. The number of carbonyl (C=O) groups is 2. The van der Waals surface area contributed by atoms with Gasteiger partial charge in [-0.15, -0.1) is 10.2 Å². The highest BCUT2D eigenvalue weighted by molar-refractivity contribution is 7.18. The summed E-state index contributed by atoms with van der Waals surface area (Å²) in [5.41, 5.74) is 1.52. The fourth-order valence-electron chi connectivity index (χ4n) is 3.50. The van der Waals surface area contributed by atoms with Crippen LogP contribution in [0.25, 0.3) is 10.6 Å². The number of nitrogens with zero attached hydrogens (tertiary/aromatic N) is 2. The molecule has 2 N–H and O–H groups in total. The summed E-state index contributed by atoms with van der Waals surface area (Å²) < 4.78 is 39.3. The van der Waals surface area contributed by atoms with Gasteiger partial charge in [0.2, 0.25) is 11.0 Å². The van der Waals surface area contributed by atoms with Crippen molar-refractivity contribution in [3.05, 3.63) is 101 Å². The van der Waals surface area contributed by atoms with Crippen LogP contribution >= 0.6 is 11.3 Å². The number of hydrogen-bond donors (Lipinski definition) is 2. The van der Waals surface area contributed by atoms with Gasteiger partial charge in [0.15, 0.2) is 0 Å². The van der Waals surface area contributed by atoms with E-state index in [1.165, 1.54) is 17.4 Å². The molecule has 2 amide bonds. The second kappa shape index (κ2) is 10.7. The molecule has 36 heavy (non-hydrogen) atoms. The first-order valence-corrected chi connectivity index (χ1v) is 11.7. The molecule has 1 unspecified atom stereocenters. The van der Waals surface area contributed by atoms with E-state index in [1.807, 2.05) is 37.3 Å². The second-order valence-corrected chi connectivity index (χ2v) is 9.04. The number of rotatable bonds is 7. The lowest BCUT2D eigenvalue weighted by atomic mass is 10.0. The van der Waals surface area contributed by atoms with Gasteiger partial charge < -0.3 is 5.32 Å². The minimum Gasteiger partial charge on any atom is -0.340 e. The lowest BCUT2D eigenvalue weighted by Crippen LogP contribution is -2.45. The Bertz CT molecular complexity index is 1370. The number of hydrogen-bond acceptors (Lipinski definition) is 5. The number of halogens is 3. The summed E-state index contributed by atoms with van der Waals surface area (Å²) in [6, 6.07) is 19.6. The number of anilines is 1. The molecule has 0 radical (unpaired) electrons. The van der Waals surface area contributed by atoms with Crippen molar-refractivity contribution in [3.63, 3.8) is 0 Å². The zero-order valence-electron chi connectivity index (χ0n) is 19.0. The predicted octanol–water partition coefficient (Wildman–Crippen LogP) is 5.51. The second-order valence-electron chi connectivity index (χ2n) is 8.07. The van der Waals surface area contributed by atoms with Crippen LogP contribution in [0.2, 0.25) is 0 Å². The van der Waals surface area contributed by atoms with Gasteiger partial charge in [-0.25, -0.2) is 0 Å². The first kappa shape index (κ1) is 25.1. The van der Waals surface area contributed by atoms with E-state index in [-0.39, 0.29) is 17.1 Å². The molecule has 0 saturated carbocycles. The normalized spacial score (nSPS) is 12.1. The number of aromatic nitrogens is 2. The SMILES string of the molecule is Cc1cccc(-c2nnc(NC(=O)C(Cc3ccccc3)NC(=O)c3cccc(C(F)(F)F)c3)s2)c1. The molecule has 0 fully saturated rings. The number of carbonyl (C=O) groups excluding carboxylic acids is 2. The highest BCUT2D eigenvalue weighted by Gasteiger charge is 2.31. The molecule has 3 aromatic carbocycles.